The van der Waals surface area contributed by atoms with Gasteiger partial charge in [-0.3, -0.25) is 9.78 Å². The van der Waals surface area contributed by atoms with Crippen LogP contribution in [0.3, 0.4) is 0 Å². The highest BCUT2D eigenvalue weighted by Crippen LogP contribution is 2.22. The Morgan fingerprint density at radius 2 is 2.04 bits per heavy atom. The third kappa shape index (κ3) is 3.51. The zero-order chi connectivity index (χ0) is 16.2. The number of carbonyl (C=O) groups excluding carboxylic acids is 1. The maximum absolute atomic E-state index is 13.7. The van der Waals surface area contributed by atoms with Crippen molar-refractivity contribution in [1.29, 1.82) is 0 Å². The fourth-order valence-electron chi connectivity index (χ4n) is 2.24. The van der Waals surface area contributed by atoms with Crippen LogP contribution in [0.25, 0.3) is 11.3 Å². The molecule has 0 N–H and O–H groups in total. The third-order valence-corrected chi connectivity index (χ3v) is 3.54. The summed E-state index contributed by atoms with van der Waals surface area (Å²) in [5.41, 5.74) is 2.26. The van der Waals surface area contributed by atoms with Gasteiger partial charge in [0.05, 0.1) is 0 Å². The molecule has 0 saturated heterocycles. The van der Waals surface area contributed by atoms with Crippen LogP contribution in [0.5, 0.6) is 0 Å². The Hall–Kier alpha value is -2.82. The minimum absolute atomic E-state index is 0.0126. The van der Waals surface area contributed by atoms with Crippen molar-refractivity contribution in [2.75, 3.05) is 0 Å². The molecular formula is C18H15FN2O2. The molecule has 0 atom stereocenters. The Balaban J connectivity index is 1.67. The maximum Gasteiger partial charge on any atom is 0.164 e. The van der Waals surface area contributed by atoms with Gasteiger partial charge in [0.1, 0.15) is 17.3 Å². The van der Waals surface area contributed by atoms with Gasteiger partial charge in [0.25, 0.3) is 0 Å². The number of ketones is 1. The fourth-order valence-corrected chi connectivity index (χ4v) is 2.24. The Labute approximate surface area is 133 Å². The number of aryl methyl sites for hydroxylation is 2. The second kappa shape index (κ2) is 6.52. The third-order valence-electron chi connectivity index (χ3n) is 3.54. The van der Waals surface area contributed by atoms with Crippen molar-refractivity contribution < 1.29 is 13.7 Å². The molecule has 0 fully saturated rings. The van der Waals surface area contributed by atoms with E-state index in [4.69, 9.17) is 4.52 Å². The van der Waals surface area contributed by atoms with Gasteiger partial charge in [0.15, 0.2) is 5.78 Å². The molecule has 0 aliphatic carbocycles. The monoisotopic (exact) mass is 310 g/mol. The van der Waals surface area contributed by atoms with Gasteiger partial charge in [-0.2, -0.15) is 0 Å². The van der Waals surface area contributed by atoms with Crippen LogP contribution in [0.2, 0.25) is 0 Å². The average Bonchev–Trinajstić information content (AvgIpc) is 3.02. The summed E-state index contributed by atoms with van der Waals surface area (Å²) in [6.45, 7) is 1.87. The van der Waals surface area contributed by atoms with E-state index >= 15 is 0 Å². The molecule has 5 heteroatoms. The number of hydrogen-bond acceptors (Lipinski definition) is 4. The number of halogens is 1. The summed E-state index contributed by atoms with van der Waals surface area (Å²) in [6, 6.07) is 11.6. The summed E-state index contributed by atoms with van der Waals surface area (Å²) < 4.78 is 18.9. The van der Waals surface area contributed by atoms with Gasteiger partial charge >= 0.3 is 0 Å². The van der Waals surface area contributed by atoms with Gasteiger partial charge in [-0.1, -0.05) is 17.3 Å². The van der Waals surface area contributed by atoms with Gasteiger partial charge < -0.3 is 4.52 Å². The van der Waals surface area contributed by atoms with Crippen LogP contribution < -0.4 is 0 Å². The lowest BCUT2D eigenvalue weighted by Gasteiger charge is -1.99. The lowest BCUT2D eigenvalue weighted by molar-refractivity contribution is 0.0980. The zero-order valence-corrected chi connectivity index (χ0v) is 12.6. The molecule has 0 aliphatic rings. The van der Waals surface area contributed by atoms with Gasteiger partial charge in [-0.15, -0.1) is 0 Å². The summed E-state index contributed by atoms with van der Waals surface area (Å²) in [7, 11) is 0. The Morgan fingerprint density at radius 1 is 1.22 bits per heavy atom. The van der Waals surface area contributed by atoms with E-state index in [0.717, 1.165) is 5.69 Å². The van der Waals surface area contributed by atoms with Crippen LogP contribution in [0.4, 0.5) is 4.39 Å². The van der Waals surface area contributed by atoms with Crippen LogP contribution in [-0.2, 0) is 6.42 Å². The summed E-state index contributed by atoms with van der Waals surface area (Å²) in [4.78, 5) is 16.2. The van der Waals surface area contributed by atoms with Crippen LogP contribution in [-0.4, -0.2) is 15.9 Å². The molecule has 0 bridgehead atoms. The molecule has 2 heterocycles. The van der Waals surface area contributed by atoms with Crippen LogP contribution in [0.1, 0.15) is 28.2 Å². The first-order valence-electron chi connectivity index (χ1n) is 7.30. The quantitative estimate of drug-likeness (QED) is 0.668. The SMILES string of the molecule is Cc1ccc(C(=O)CCc2cc(-c3ccccc3F)no2)cn1. The normalized spacial score (nSPS) is 10.7. The number of nitrogens with zero attached hydrogens (tertiary/aromatic N) is 2. The van der Waals surface area contributed by atoms with Crippen molar-refractivity contribution in [1.82, 2.24) is 10.1 Å². The van der Waals surface area contributed by atoms with Crippen molar-refractivity contribution in [2.24, 2.45) is 0 Å². The second-order valence-corrected chi connectivity index (χ2v) is 5.27. The molecule has 0 saturated carbocycles. The van der Waals surface area contributed by atoms with E-state index in [-0.39, 0.29) is 18.0 Å². The highest BCUT2D eigenvalue weighted by molar-refractivity contribution is 5.95. The highest BCUT2D eigenvalue weighted by atomic mass is 19.1. The highest BCUT2D eigenvalue weighted by Gasteiger charge is 2.12. The molecule has 0 aliphatic heterocycles. The first-order valence-corrected chi connectivity index (χ1v) is 7.30. The Morgan fingerprint density at radius 3 is 2.78 bits per heavy atom. The fraction of sp³-hybridized carbons (Fsp3) is 0.167. The largest absolute Gasteiger partial charge is 0.361 e. The van der Waals surface area contributed by atoms with Gasteiger partial charge in [-0.05, 0) is 31.2 Å². The van der Waals surface area contributed by atoms with Gasteiger partial charge in [0.2, 0.25) is 0 Å². The number of rotatable bonds is 5. The Bertz CT molecular complexity index is 825. The number of Topliss-reactive ketones (excluding diaryl/α,β-unsaturated/α-hetero) is 1. The average molecular weight is 310 g/mol. The molecule has 116 valence electrons. The topological polar surface area (TPSA) is 56.0 Å². The van der Waals surface area contributed by atoms with E-state index < -0.39 is 0 Å². The molecule has 0 amide bonds. The van der Waals surface area contributed by atoms with Crippen molar-refractivity contribution in [2.45, 2.75) is 19.8 Å². The zero-order valence-electron chi connectivity index (χ0n) is 12.6. The molecule has 3 rings (SSSR count). The van der Waals surface area contributed by atoms with Crippen LogP contribution in [0, 0.1) is 12.7 Å². The van der Waals surface area contributed by atoms with Crippen molar-refractivity contribution in [3.63, 3.8) is 0 Å². The van der Waals surface area contributed by atoms with Crippen molar-refractivity contribution >= 4 is 5.78 Å². The predicted octanol–water partition coefficient (Wildman–Crippen LogP) is 4.00. The first-order chi connectivity index (χ1) is 11.1. The number of aromatic nitrogens is 2. The van der Waals surface area contributed by atoms with E-state index in [9.17, 15) is 9.18 Å². The van der Waals surface area contributed by atoms with Crippen molar-refractivity contribution in [3.8, 4) is 11.3 Å². The minimum atomic E-state index is -0.353. The van der Waals surface area contributed by atoms with E-state index in [2.05, 4.69) is 10.1 Å². The molecule has 3 aromatic rings. The molecule has 23 heavy (non-hydrogen) atoms. The molecular weight excluding hydrogens is 295 g/mol. The van der Waals surface area contributed by atoms with E-state index in [1.807, 2.05) is 6.92 Å². The molecule has 4 nitrogen and oxygen atoms in total. The van der Waals surface area contributed by atoms with E-state index in [0.29, 0.717) is 29.0 Å². The second-order valence-electron chi connectivity index (χ2n) is 5.27. The van der Waals surface area contributed by atoms with E-state index in [1.54, 1.807) is 42.6 Å². The molecule has 0 spiro atoms. The minimum Gasteiger partial charge on any atom is -0.361 e. The van der Waals surface area contributed by atoms with Crippen LogP contribution >= 0.6 is 0 Å². The smallest absolute Gasteiger partial charge is 0.164 e. The van der Waals surface area contributed by atoms with Gasteiger partial charge in [0, 0.05) is 41.9 Å². The lowest BCUT2D eigenvalue weighted by atomic mass is 10.1. The summed E-state index contributed by atoms with van der Waals surface area (Å²) in [5.74, 6) is 0.187. The van der Waals surface area contributed by atoms with Crippen LogP contribution in [0.15, 0.2) is 53.2 Å². The lowest BCUT2D eigenvalue weighted by Crippen LogP contribution is -2.01. The predicted molar refractivity (Wildman–Crippen MR) is 83.5 cm³/mol. The standard InChI is InChI=1S/C18H15FN2O2/c1-12-6-7-13(11-20-12)18(22)9-8-14-10-17(21-23-14)15-4-2-3-5-16(15)19/h2-7,10-11H,8-9H2,1H3. The number of hydrogen-bond donors (Lipinski definition) is 0. The molecule has 0 unspecified atom stereocenters. The summed E-state index contributed by atoms with van der Waals surface area (Å²) >= 11 is 0. The first kappa shape index (κ1) is 15.1. The summed E-state index contributed by atoms with van der Waals surface area (Å²) in [5, 5.41) is 3.87. The summed E-state index contributed by atoms with van der Waals surface area (Å²) in [6.07, 6.45) is 2.27. The van der Waals surface area contributed by atoms with Crippen molar-refractivity contribution in [3.05, 3.63) is 71.5 Å². The Kier molecular flexibility index (Phi) is 4.28. The number of carbonyl (C=O) groups is 1. The van der Waals surface area contributed by atoms with E-state index in [1.165, 1.54) is 6.07 Å². The molecule has 0 radical (unpaired) electrons. The molecule has 2 aromatic heterocycles. The molecule has 1 aromatic carbocycles. The number of benzene rings is 1. The number of pyridine rings is 1. The maximum atomic E-state index is 13.7. The van der Waals surface area contributed by atoms with Gasteiger partial charge in [-0.25, -0.2) is 4.39 Å².